The van der Waals surface area contributed by atoms with Crippen LogP contribution in [0.4, 0.5) is 5.69 Å². The zero-order valence-electron chi connectivity index (χ0n) is 17.2. The topological polar surface area (TPSA) is 85.1 Å². The quantitative estimate of drug-likeness (QED) is 0.394. The summed E-state index contributed by atoms with van der Waals surface area (Å²) < 4.78 is 1.75. The van der Waals surface area contributed by atoms with E-state index in [0.29, 0.717) is 22.9 Å². The molecule has 0 spiro atoms. The minimum atomic E-state index is -0.252. The van der Waals surface area contributed by atoms with Crippen molar-refractivity contribution in [1.82, 2.24) is 24.8 Å². The van der Waals surface area contributed by atoms with Crippen molar-refractivity contribution in [1.29, 1.82) is 0 Å². The summed E-state index contributed by atoms with van der Waals surface area (Å²) in [7, 11) is 0. The number of hydrogen-bond acceptors (Lipinski definition) is 6. The number of aromatic nitrogens is 5. The number of fused-ring (bicyclic) bond motifs is 2. The fourth-order valence-corrected chi connectivity index (χ4v) is 4.31. The van der Waals surface area contributed by atoms with E-state index in [1.807, 2.05) is 84.2 Å². The average molecular weight is 449 g/mol. The van der Waals surface area contributed by atoms with Gasteiger partial charge < -0.3 is 5.32 Å². The average Bonchev–Trinajstić information content (AvgIpc) is 3.53. The molecular weight excluding hydrogens is 432 g/mol. The van der Waals surface area contributed by atoms with Gasteiger partial charge in [-0.2, -0.15) is 9.61 Å². The largest absolute Gasteiger partial charge is 0.321 e. The van der Waals surface area contributed by atoms with Crippen LogP contribution in [0.1, 0.15) is 10.5 Å². The van der Waals surface area contributed by atoms with Gasteiger partial charge in [-0.1, -0.05) is 42.5 Å². The highest BCUT2D eigenvalue weighted by molar-refractivity contribution is 7.13. The van der Waals surface area contributed by atoms with Crippen molar-refractivity contribution in [2.75, 3.05) is 5.32 Å². The number of thiophene rings is 1. The Morgan fingerprint density at radius 3 is 2.58 bits per heavy atom. The van der Waals surface area contributed by atoms with Crippen molar-refractivity contribution in [3.63, 3.8) is 0 Å². The molecule has 2 aromatic carbocycles. The number of nitrogens with zero attached hydrogens (tertiary/aromatic N) is 5. The van der Waals surface area contributed by atoms with Gasteiger partial charge in [0.1, 0.15) is 5.69 Å². The summed E-state index contributed by atoms with van der Waals surface area (Å²) in [5, 5.41) is 19.1. The van der Waals surface area contributed by atoms with Gasteiger partial charge in [-0.3, -0.25) is 4.79 Å². The molecule has 0 atom stereocenters. The van der Waals surface area contributed by atoms with E-state index in [-0.39, 0.29) is 5.91 Å². The van der Waals surface area contributed by atoms with Crippen molar-refractivity contribution < 1.29 is 4.79 Å². The van der Waals surface area contributed by atoms with Crippen LogP contribution in [0.2, 0.25) is 0 Å². The second-order valence-corrected chi connectivity index (χ2v) is 8.36. The van der Waals surface area contributed by atoms with Crippen molar-refractivity contribution in [2.45, 2.75) is 0 Å². The van der Waals surface area contributed by atoms with Gasteiger partial charge in [0.15, 0.2) is 11.5 Å². The molecule has 0 aliphatic carbocycles. The van der Waals surface area contributed by atoms with E-state index in [2.05, 4.69) is 20.5 Å². The van der Waals surface area contributed by atoms with Crippen LogP contribution >= 0.6 is 11.3 Å². The number of nitrogens with one attached hydrogen (secondary N) is 1. The summed E-state index contributed by atoms with van der Waals surface area (Å²) in [6.45, 7) is 0. The van der Waals surface area contributed by atoms with Crippen molar-refractivity contribution in [2.24, 2.45) is 0 Å². The van der Waals surface area contributed by atoms with Crippen LogP contribution in [-0.4, -0.2) is 30.7 Å². The Labute approximate surface area is 192 Å². The number of anilines is 1. The van der Waals surface area contributed by atoms with Gasteiger partial charge in [0.2, 0.25) is 0 Å². The van der Waals surface area contributed by atoms with E-state index in [0.717, 1.165) is 27.0 Å². The molecule has 33 heavy (non-hydrogen) atoms. The number of hydrogen-bond donors (Lipinski definition) is 1. The molecule has 0 aliphatic rings. The molecule has 0 radical (unpaired) electrons. The van der Waals surface area contributed by atoms with E-state index in [1.54, 1.807) is 21.9 Å². The predicted octanol–water partition coefficient (Wildman–Crippen LogP) is 5.32. The first-order chi connectivity index (χ1) is 16.2. The minimum Gasteiger partial charge on any atom is -0.321 e. The Morgan fingerprint density at radius 1 is 0.848 bits per heavy atom. The zero-order chi connectivity index (χ0) is 22.2. The molecule has 0 fully saturated rings. The number of para-hydroxylation sites is 1. The highest BCUT2D eigenvalue weighted by atomic mass is 32.1. The van der Waals surface area contributed by atoms with Gasteiger partial charge >= 0.3 is 0 Å². The standard InChI is InChI=1S/C25H16N6OS/c32-25(21-12-9-16-4-1-2-5-19(16)27-21)26-18-10-7-17(8-11-18)20-13-14-23-28-29-24(31(23)30-20)22-6-3-15-33-22/h1-15H,(H,26,32). The first-order valence-corrected chi connectivity index (χ1v) is 11.2. The lowest BCUT2D eigenvalue weighted by Gasteiger charge is -2.07. The normalized spacial score (nSPS) is 11.2. The molecule has 6 rings (SSSR count). The van der Waals surface area contributed by atoms with Gasteiger partial charge in [-0.05, 0) is 47.8 Å². The van der Waals surface area contributed by atoms with Gasteiger partial charge in [-0.15, -0.1) is 21.5 Å². The molecule has 0 aliphatic heterocycles. The maximum atomic E-state index is 12.7. The number of pyridine rings is 1. The Bertz CT molecular complexity index is 1610. The van der Waals surface area contributed by atoms with Crippen LogP contribution in [0.3, 0.4) is 0 Å². The molecule has 4 aromatic heterocycles. The van der Waals surface area contributed by atoms with E-state index in [4.69, 9.17) is 5.10 Å². The fourth-order valence-electron chi connectivity index (χ4n) is 3.61. The van der Waals surface area contributed by atoms with Crippen LogP contribution in [-0.2, 0) is 0 Å². The zero-order valence-corrected chi connectivity index (χ0v) is 18.0. The van der Waals surface area contributed by atoms with Gasteiger partial charge in [0.05, 0.1) is 16.1 Å². The first-order valence-electron chi connectivity index (χ1n) is 10.3. The molecule has 1 N–H and O–H groups in total. The molecule has 7 nitrogen and oxygen atoms in total. The molecule has 158 valence electrons. The van der Waals surface area contributed by atoms with Gasteiger partial charge in [0.25, 0.3) is 5.91 Å². The maximum absolute atomic E-state index is 12.7. The summed E-state index contributed by atoms with van der Waals surface area (Å²) in [6.07, 6.45) is 0. The number of amides is 1. The second-order valence-electron chi connectivity index (χ2n) is 7.41. The van der Waals surface area contributed by atoms with Crippen LogP contribution in [0.25, 0.3) is 38.5 Å². The molecular formula is C25H16N6OS. The fraction of sp³-hybridized carbons (Fsp3) is 0. The van der Waals surface area contributed by atoms with Crippen LogP contribution < -0.4 is 5.32 Å². The number of carbonyl (C=O) groups excluding carboxylic acids is 1. The lowest BCUT2D eigenvalue weighted by molar-refractivity contribution is 0.102. The highest BCUT2D eigenvalue weighted by Gasteiger charge is 2.12. The van der Waals surface area contributed by atoms with Gasteiger partial charge in [0, 0.05) is 16.6 Å². The third-order valence-electron chi connectivity index (χ3n) is 5.27. The van der Waals surface area contributed by atoms with Crippen molar-refractivity contribution >= 4 is 39.5 Å². The predicted molar refractivity (Wildman–Crippen MR) is 129 cm³/mol. The molecule has 1 amide bonds. The van der Waals surface area contributed by atoms with E-state index in [9.17, 15) is 4.79 Å². The number of carbonyl (C=O) groups is 1. The lowest BCUT2D eigenvalue weighted by atomic mass is 10.1. The SMILES string of the molecule is O=C(Nc1ccc(-c2ccc3nnc(-c4cccs4)n3n2)cc1)c1ccc2ccccc2n1. The van der Waals surface area contributed by atoms with Crippen LogP contribution in [0.15, 0.2) is 90.3 Å². The molecule has 6 aromatic rings. The Morgan fingerprint density at radius 2 is 1.73 bits per heavy atom. The smallest absolute Gasteiger partial charge is 0.274 e. The van der Waals surface area contributed by atoms with Crippen LogP contribution in [0, 0.1) is 0 Å². The summed E-state index contributed by atoms with van der Waals surface area (Å²) in [5.74, 6) is 0.465. The molecule has 0 bridgehead atoms. The Kier molecular flexibility index (Phi) is 4.63. The van der Waals surface area contributed by atoms with Crippen LogP contribution in [0.5, 0.6) is 0 Å². The Balaban J connectivity index is 1.25. The van der Waals surface area contributed by atoms with Crippen molar-refractivity contribution in [3.05, 3.63) is 96.0 Å². The maximum Gasteiger partial charge on any atom is 0.274 e. The summed E-state index contributed by atoms with van der Waals surface area (Å²) in [5.41, 5.74) is 4.24. The second kappa shape index (κ2) is 7.92. The minimum absolute atomic E-state index is 0.252. The van der Waals surface area contributed by atoms with E-state index in [1.165, 1.54) is 0 Å². The first kappa shape index (κ1) is 19.3. The monoisotopic (exact) mass is 448 g/mol. The van der Waals surface area contributed by atoms with Gasteiger partial charge in [-0.25, -0.2) is 4.98 Å². The third kappa shape index (κ3) is 3.62. The van der Waals surface area contributed by atoms with E-state index >= 15 is 0 Å². The molecule has 4 heterocycles. The highest BCUT2D eigenvalue weighted by Crippen LogP contribution is 2.25. The van der Waals surface area contributed by atoms with Crippen molar-refractivity contribution in [3.8, 4) is 22.0 Å². The third-order valence-corrected chi connectivity index (χ3v) is 6.14. The van der Waals surface area contributed by atoms with E-state index < -0.39 is 0 Å². The summed E-state index contributed by atoms with van der Waals surface area (Å²) >= 11 is 1.59. The molecule has 0 unspecified atom stereocenters. The number of benzene rings is 2. The Hall–Kier alpha value is -4.43. The summed E-state index contributed by atoms with van der Waals surface area (Å²) in [6, 6.07) is 26.7. The number of rotatable bonds is 4. The molecule has 0 saturated heterocycles. The molecule has 0 saturated carbocycles. The lowest BCUT2D eigenvalue weighted by Crippen LogP contribution is -2.13. The summed E-state index contributed by atoms with van der Waals surface area (Å²) in [4.78, 5) is 18.1. The molecule has 8 heteroatoms.